The largest absolute Gasteiger partial charge is 0.493 e. The number of carbonyl (C=O) groups excluding carboxylic acids is 1. The number of hydrogen-bond donors (Lipinski definition) is 1. The molecule has 0 spiro atoms. The van der Waals surface area contributed by atoms with Crippen molar-refractivity contribution in [2.24, 2.45) is 5.10 Å². The molecule has 188 valence electrons. The lowest BCUT2D eigenvalue weighted by atomic mass is 10.2. The lowest BCUT2D eigenvalue weighted by molar-refractivity contribution is 0.0954. The van der Waals surface area contributed by atoms with Crippen molar-refractivity contribution in [3.05, 3.63) is 124 Å². The third kappa shape index (κ3) is 7.41. The van der Waals surface area contributed by atoms with E-state index in [0.29, 0.717) is 35.0 Å². The van der Waals surface area contributed by atoms with Crippen LogP contribution in [0.25, 0.3) is 0 Å². The van der Waals surface area contributed by atoms with E-state index in [-0.39, 0.29) is 12.4 Å². The Hall–Kier alpha value is -4.17. The van der Waals surface area contributed by atoms with E-state index in [0.717, 1.165) is 15.6 Å². The number of rotatable bonds is 10. The van der Waals surface area contributed by atoms with E-state index in [4.69, 9.17) is 14.2 Å². The molecule has 0 aromatic heterocycles. The second kappa shape index (κ2) is 12.7. The molecular formula is C29H24BrFN2O4. The number of benzene rings is 4. The van der Waals surface area contributed by atoms with Gasteiger partial charge >= 0.3 is 0 Å². The lowest BCUT2D eigenvalue weighted by Gasteiger charge is -2.12. The minimum absolute atomic E-state index is 0.258. The second-order valence-electron chi connectivity index (χ2n) is 7.94. The summed E-state index contributed by atoms with van der Waals surface area (Å²) >= 11 is 3.44. The quantitative estimate of drug-likeness (QED) is 0.176. The fraction of sp³-hybridized carbons (Fsp3) is 0.103. The summed E-state index contributed by atoms with van der Waals surface area (Å²) in [5.41, 5.74) is 5.39. The molecule has 1 amide bonds. The summed E-state index contributed by atoms with van der Waals surface area (Å²) in [6, 6.07) is 26.2. The van der Waals surface area contributed by atoms with E-state index in [9.17, 15) is 9.18 Å². The van der Waals surface area contributed by atoms with Crippen molar-refractivity contribution in [3.63, 3.8) is 0 Å². The van der Waals surface area contributed by atoms with Gasteiger partial charge < -0.3 is 14.2 Å². The minimum Gasteiger partial charge on any atom is -0.493 e. The van der Waals surface area contributed by atoms with Gasteiger partial charge in [-0.25, -0.2) is 9.82 Å². The average molecular weight is 563 g/mol. The Labute approximate surface area is 222 Å². The van der Waals surface area contributed by atoms with E-state index in [2.05, 4.69) is 26.5 Å². The van der Waals surface area contributed by atoms with Crippen LogP contribution < -0.4 is 19.6 Å². The summed E-state index contributed by atoms with van der Waals surface area (Å²) in [6.07, 6.45) is 1.50. The van der Waals surface area contributed by atoms with Gasteiger partial charge in [-0.1, -0.05) is 58.4 Å². The van der Waals surface area contributed by atoms with Crippen LogP contribution in [0.15, 0.2) is 101 Å². The van der Waals surface area contributed by atoms with Crippen LogP contribution in [-0.2, 0) is 13.2 Å². The molecular weight excluding hydrogens is 539 g/mol. The van der Waals surface area contributed by atoms with Crippen LogP contribution in [0.5, 0.6) is 17.2 Å². The van der Waals surface area contributed by atoms with Crippen molar-refractivity contribution in [2.75, 3.05) is 7.11 Å². The number of methoxy groups -OCH3 is 1. The molecule has 4 aromatic rings. The Morgan fingerprint density at radius 2 is 1.54 bits per heavy atom. The molecule has 8 heteroatoms. The summed E-state index contributed by atoms with van der Waals surface area (Å²) in [5.74, 6) is 0.822. The molecule has 0 heterocycles. The highest BCUT2D eigenvalue weighted by Gasteiger charge is 2.11. The first-order valence-electron chi connectivity index (χ1n) is 11.4. The van der Waals surface area contributed by atoms with E-state index < -0.39 is 5.91 Å². The van der Waals surface area contributed by atoms with Gasteiger partial charge in [0, 0.05) is 15.6 Å². The standard InChI is InChI=1S/C29H24BrFN2O4/c1-35-28-16-22(9-13-27(28)37-18-20-5-3-2-4-6-20)29(34)33-32-17-23-15-24(30)10-14-26(23)36-19-21-7-11-25(31)12-8-21/h2-17H,18-19H2,1H3,(H,33,34)/b32-17+. The van der Waals surface area contributed by atoms with Gasteiger partial charge in [0.25, 0.3) is 5.91 Å². The molecule has 0 aliphatic heterocycles. The Balaban J connectivity index is 1.39. The van der Waals surface area contributed by atoms with Gasteiger partial charge in [-0.2, -0.15) is 5.10 Å². The Morgan fingerprint density at radius 3 is 2.27 bits per heavy atom. The predicted molar refractivity (Wildman–Crippen MR) is 144 cm³/mol. The number of carbonyl (C=O) groups is 1. The zero-order chi connectivity index (χ0) is 26.0. The molecule has 1 N–H and O–H groups in total. The molecule has 0 saturated heterocycles. The van der Waals surface area contributed by atoms with Gasteiger partial charge in [-0.3, -0.25) is 4.79 Å². The molecule has 6 nitrogen and oxygen atoms in total. The van der Waals surface area contributed by atoms with Crippen LogP contribution in [0.2, 0.25) is 0 Å². The Bertz CT molecular complexity index is 1380. The number of nitrogens with one attached hydrogen (secondary N) is 1. The number of hydrazone groups is 1. The highest BCUT2D eigenvalue weighted by atomic mass is 79.9. The van der Waals surface area contributed by atoms with Crippen LogP contribution in [0.1, 0.15) is 27.0 Å². The Morgan fingerprint density at radius 1 is 0.865 bits per heavy atom. The third-order valence-corrected chi connectivity index (χ3v) is 5.81. The first-order chi connectivity index (χ1) is 18.0. The highest BCUT2D eigenvalue weighted by Crippen LogP contribution is 2.29. The maximum absolute atomic E-state index is 13.1. The molecule has 0 fully saturated rings. The first kappa shape index (κ1) is 25.9. The van der Waals surface area contributed by atoms with E-state index >= 15 is 0 Å². The lowest BCUT2D eigenvalue weighted by Crippen LogP contribution is -2.17. The van der Waals surface area contributed by atoms with Crippen LogP contribution in [-0.4, -0.2) is 19.2 Å². The molecule has 0 aliphatic rings. The molecule has 0 aliphatic carbocycles. The summed E-state index contributed by atoms with van der Waals surface area (Å²) in [6.45, 7) is 0.638. The van der Waals surface area contributed by atoms with E-state index in [1.54, 1.807) is 36.4 Å². The zero-order valence-electron chi connectivity index (χ0n) is 20.0. The fourth-order valence-electron chi connectivity index (χ4n) is 3.38. The summed E-state index contributed by atoms with van der Waals surface area (Å²) in [5, 5.41) is 4.09. The van der Waals surface area contributed by atoms with E-state index in [1.165, 1.54) is 25.5 Å². The summed E-state index contributed by atoms with van der Waals surface area (Å²) in [7, 11) is 1.52. The van der Waals surface area contributed by atoms with Gasteiger partial charge in [0.05, 0.1) is 13.3 Å². The molecule has 4 rings (SSSR count). The van der Waals surface area contributed by atoms with Crippen molar-refractivity contribution in [3.8, 4) is 17.2 Å². The second-order valence-corrected chi connectivity index (χ2v) is 8.85. The third-order valence-electron chi connectivity index (χ3n) is 5.31. The topological polar surface area (TPSA) is 69.2 Å². The maximum atomic E-state index is 13.1. The molecule has 4 aromatic carbocycles. The molecule has 0 atom stereocenters. The zero-order valence-corrected chi connectivity index (χ0v) is 21.6. The minimum atomic E-state index is -0.409. The normalized spacial score (nSPS) is 10.8. The van der Waals surface area contributed by atoms with Crippen LogP contribution in [0, 0.1) is 5.82 Å². The van der Waals surface area contributed by atoms with Crippen LogP contribution in [0.4, 0.5) is 4.39 Å². The average Bonchev–Trinajstić information content (AvgIpc) is 2.92. The SMILES string of the molecule is COc1cc(C(=O)N/N=C/c2cc(Br)ccc2OCc2ccc(F)cc2)ccc1OCc1ccccc1. The smallest absolute Gasteiger partial charge is 0.271 e. The van der Waals surface area contributed by atoms with Crippen molar-refractivity contribution in [1.29, 1.82) is 0 Å². The number of halogens is 2. The van der Waals surface area contributed by atoms with Crippen molar-refractivity contribution in [2.45, 2.75) is 13.2 Å². The van der Waals surface area contributed by atoms with Crippen LogP contribution in [0.3, 0.4) is 0 Å². The first-order valence-corrected chi connectivity index (χ1v) is 12.2. The van der Waals surface area contributed by atoms with Crippen molar-refractivity contribution < 1.29 is 23.4 Å². The summed E-state index contributed by atoms with van der Waals surface area (Å²) in [4.78, 5) is 12.7. The number of ether oxygens (including phenoxy) is 3. The maximum Gasteiger partial charge on any atom is 0.271 e. The molecule has 0 unspecified atom stereocenters. The molecule has 0 radical (unpaired) electrons. The van der Waals surface area contributed by atoms with Gasteiger partial charge in [-0.05, 0) is 59.7 Å². The molecule has 37 heavy (non-hydrogen) atoms. The Kier molecular flexibility index (Phi) is 8.89. The monoisotopic (exact) mass is 562 g/mol. The van der Waals surface area contributed by atoms with Gasteiger partial charge in [0.1, 0.15) is 24.8 Å². The molecule has 0 bridgehead atoms. The predicted octanol–water partition coefficient (Wildman–Crippen LogP) is 6.52. The van der Waals surface area contributed by atoms with Gasteiger partial charge in [0.15, 0.2) is 11.5 Å². The highest BCUT2D eigenvalue weighted by molar-refractivity contribution is 9.10. The van der Waals surface area contributed by atoms with Gasteiger partial charge in [0.2, 0.25) is 0 Å². The number of amides is 1. The fourth-order valence-corrected chi connectivity index (χ4v) is 3.76. The summed E-state index contributed by atoms with van der Waals surface area (Å²) < 4.78 is 31.1. The molecule has 0 saturated carbocycles. The van der Waals surface area contributed by atoms with Gasteiger partial charge in [-0.15, -0.1) is 0 Å². The van der Waals surface area contributed by atoms with Crippen LogP contribution >= 0.6 is 15.9 Å². The number of hydrogen-bond acceptors (Lipinski definition) is 5. The van der Waals surface area contributed by atoms with E-state index in [1.807, 2.05) is 42.5 Å². The number of nitrogens with zero attached hydrogens (tertiary/aromatic N) is 1. The van der Waals surface area contributed by atoms with Crippen molar-refractivity contribution in [1.82, 2.24) is 5.43 Å². The van der Waals surface area contributed by atoms with Crippen molar-refractivity contribution >= 4 is 28.1 Å².